The number of hydrogen-bond donors (Lipinski definition) is 0. The lowest BCUT2D eigenvalue weighted by Gasteiger charge is -2.57. The second kappa shape index (κ2) is 7.90. The minimum absolute atomic E-state index is 0.0375. The van der Waals surface area contributed by atoms with E-state index in [1.54, 1.807) is 0 Å². The molecule has 0 bridgehead atoms. The number of benzene rings is 1. The lowest BCUT2D eigenvalue weighted by molar-refractivity contribution is -0.159. The number of carbonyl (C=O) groups excluding carboxylic acids is 2. The van der Waals surface area contributed by atoms with E-state index in [0.29, 0.717) is 36.4 Å². The molecule has 0 spiro atoms. The molecule has 3 saturated carbocycles. The predicted octanol–water partition coefficient (Wildman–Crippen LogP) is 6.06. The molecular weight excluding hydrogens is 384 g/mol. The highest BCUT2D eigenvalue weighted by Gasteiger charge is 2.59. The third-order valence-electron chi connectivity index (χ3n) is 9.61. The number of esters is 1. The van der Waals surface area contributed by atoms with Crippen LogP contribution in [0.25, 0.3) is 0 Å². The van der Waals surface area contributed by atoms with Crippen LogP contribution >= 0.6 is 0 Å². The van der Waals surface area contributed by atoms with E-state index < -0.39 is 0 Å². The van der Waals surface area contributed by atoms with Gasteiger partial charge in [-0.25, -0.2) is 0 Å². The number of hydrogen-bond acceptors (Lipinski definition) is 3. The van der Waals surface area contributed by atoms with Gasteiger partial charge in [-0.05, 0) is 86.2 Å². The van der Waals surface area contributed by atoms with Crippen LogP contribution in [-0.2, 0) is 20.7 Å². The third-order valence-corrected chi connectivity index (χ3v) is 9.61. The standard InChI is InChI=1S/C28H36O3/c1-27-16-14-21(29)18-20(27)9-10-22-23-11-12-25(28(23,2)17-15-24(22)27)31-26(30)13-8-19-6-4-3-5-7-19/h3-7,18,22-25H,8-17H2,1-2H3/t22-,23+,24-,25-,27-,28-/m0/s1. The average Bonchev–Trinajstić information content (AvgIpc) is 3.10. The van der Waals surface area contributed by atoms with Gasteiger partial charge in [-0.2, -0.15) is 0 Å². The Morgan fingerprint density at radius 3 is 2.61 bits per heavy atom. The van der Waals surface area contributed by atoms with Crippen LogP contribution in [0.2, 0.25) is 0 Å². The summed E-state index contributed by atoms with van der Waals surface area (Å²) in [7, 11) is 0. The summed E-state index contributed by atoms with van der Waals surface area (Å²) < 4.78 is 6.14. The van der Waals surface area contributed by atoms with Crippen molar-refractivity contribution in [2.45, 2.75) is 84.2 Å². The van der Waals surface area contributed by atoms with Gasteiger partial charge in [-0.15, -0.1) is 0 Å². The summed E-state index contributed by atoms with van der Waals surface area (Å²) in [5, 5.41) is 0. The first-order valence-electron chi connectivity index (χ1n) is 12.4. The molecule has 5 rings (SSSR count). The Kier molecular flexibility index (Phi) is 5.35. The van der Waals surface area contributed by atoms with Crippen LogP contribution in [0.15, 0.2) is 42.0 Å². The normalized spacial score (nSPS) is 39.2. The van der Waals surface area contributed by atoms with Crippen LogP contribution < -0.4 is 0 Å². The number of rotatable bonds is 4. The van der Waals surface area contributed by atoms with Gasteiger partial charge < -0.3 is 4.74 Å². The molecule has 0 unspecified atom stereocenters. The van der Waals surface area contributed by atoms with Crippen LogP contribution in [0.1, 0.15) is 77.2 Å². The summed E-state index contributed by atoms with van der Waals surface area (Å²) in [5.74, 6) is 2.34. The summed E-state index contributed by atoms with van der Waals surface area (Å²) in [6.07, 6.45) is 11.8. The van der Waals surface area contributed by atoms with Crippen molar-refractivity contribution in [2.24, 2.45) is 28.6 Å². The number of allylic oxidation sites excluding steroid dienone is 1. The maximum Gasteiger partial charge on any atom is 0.306 e. The van der Waals surface area contributed by atoms with E-state index in [1.165, 1.54) is 30.4 Å². The van der Waals surface area contributed by atoms with Gasteiger partial charge >= 0.3 is 5.97 Å². The Bertz CT molecular complexity index is 887. The molecule has 31 heavy (non-hydrogen) atoms. The van der Waals surface area contributed by atoms with Gasteiger partial charge in [0.05, 0.1) is 0 Å². The highest BCUT2D eigenvalue weighted by atomic mass is 16.5. The Hall–Kier alpha value is -1.90. The largest absolute Gasteiger partial charge is 0.462 e. The van der Waals surface area contributed by atoms with E-state index in [9.17, 15) is 9.59 Å². The van der Waals surface area contributed by atoms with Crippen LogP contribution in [0.4, 0.5) is 0 Å². The van der Waals surface area contributed by atoms with Gasteiger partial charge in [0.1, 0.15) is 6.10 Å². The molecule has 0 N–H and O–H groups in total. The fourth-order valence-corrected chi connectivity index (χ4v) is 7.81. The van der Waals surface area contributed by atoms with Crippen molar-refractivity contribution in [3.05, 3.63) is 47.5 Å². The topological polar surface area (TPSA) is 43.4 Å². The Morgan fingerprint density at radius 2 is 1.81 bits per heavy atom. The fraction of sp³-hybridized carbons (Fsp3) is 0.643. The molecule has 0 aromatic heterocycles. The van der Waals surface area contributed by atoms with Crippen molar-refractivity contribution >= 4 is 11.8 Å². The van der Waals surface area contributed by atoms with E-state index in [1.807, 2.05) is 24.3 Å². The zero-order valence-corrected chi connectivity index (χ0v) is 19.1. The molecule has 0 aliphatic heterocycles. The van der Waals surface area contributed by atoms with Crippen LogP contribution in [0.5, 0.6) is 0 Å². The molecule has 166 valence electrons. The molecule has 1 aromatic carbocycles. The number of ketones is 1. The molecule has 3 heteroatoms. The zero-order valence-electron chi connectivity index (χ0n) is 19.1. The highest BCUT2D eigenvalue weighted by Crippen LogP contribution is 2.65. The molecule has 0 saturated heterocycles. The molecule has 4 aliphatic rings. The van der Waals surface area contributed by atoms with Crippen LogP contribution in [0.3, 0.4) is 0 Å². The predicted molar refractivity (Wildman–Crippen MR) is 121 cm³/mol. The Balaban J connectivity index is 1.26. The highest BCUT2D eigenvalue weighted by molar-refractivity contribution is 5.91. The quantitative estimate of drug-likeness (QED) is 0.556. The molecule has 3 nitrogen and oxygen atoms in total. The van der Waals surface area contributed by atoms with Crippen molar-refractivity contribution in [2.75, 3.05) is 0 Å². The van der Waals surface area contributed by atoms with Crippen molar-refractivity contribution < 1.29 is 14.3 Å². The maximum absolute atomic E-state index is 12.7. The Morgan fingerprint density at radius 1 is 1.00 bits per heavy atom. The van der Waals surface area contributed by atoms with Gasteiger partial charge in [0.2, 0.25) is 0 Å². The third kappa shape index (κ3) is 3.58. The summed E-state index contributed by atoms with van der Waals surface area (Å²) in [6, 6.07) is 10.2. The monoisotopic (exact) mass is 420 g/mol. The van der Waals surface area contributed by atoms with Gasteiger partial charge in [0.25, 0.3) is 0 Å². The first-order valence-corrected chi connectivity index (χ1v) is 12.4. The molecule has 0 radical (unpaired) electrons. The number of fused-ring (bicyclic) bond motifs is 5. The van der Waals surface area contributed by atoms with Crippen LogP contribution in [0, 0.1) is 28.6 Å². The summed E-state index contributed by atoms with van der Waals surface area (Å²) in [6.45, 7) is 4.83. The zero-order chi connectivity index (χ0) is 21.6. The van der Waals surface area contributed by atoms with Crippen LogP contribution in [-0.4, -0.2) is 17.9 Å². The SMILES string of the molecule is C[C@]12CC[C@H]3[C@@H](CCC4=CC(=O)CC[C@@]43C)[C@H]1CC[C@@H]2OC(=O)CCc1ccccc1. The van der Waals surface area contributed by atoms with Crippen molar-refractivity contribution in [3.63, 3.8) is 0 Å². The van der Waals surface area contributed by atoms with Crippen molar-refractivity contribution in [1.29, 1.82) is 0 Å². The number of ether oxygens (including phenoxy) is 1. The second-order valence-electron chi connectivity index (χ2n) is 11.1. The van der Waals surface area contributed by atoms with Gasteiger partial charge in [-0.3, -0.25) is 9.59 Å². The Labute approximate surface area is 186 Å². The van der Waals surface area contributed by atoms with E-state index in [-0.39, 0.29) is 22.9 Å². The molecule has 6 atom stereocenters. The first-order chi connectivity index (χ1) is 14.9. The maximum atomic E-state index is 12.7. The first kappa shape index (κ1) is 21.0. The van der Waals surface area contributed by atoms with E-state index in [4.69, 9.17) is 4.74 Å². The lowest BCUT2D eigenvalue weighted by atomic mass is 9.47. The number of aryl methyl sites for hydroxylation is 1. The molecule has 1 aromatic rings. The second-order valence-corrected chi connectivity index (χ2v) is 11.1. The fourth-order valence-electron chi connectivity index (χ4n) is 7.81. The van der Waals surface area contributed by atoms with E-state index >= 15 is 0 Å². The molecule has 4 aliphatic carbocycles. The van der Waals surface area contributed by atoms with Gasteiger partial charge in [0.15, 0.2) is 5.78 Å². The van der Waals surface area contributed by atoms with E-state index in [2.05, 4.69) is 26.0 Å². The minimum atomic E-state index is -0.0375. The molecule has 0 amide bonds. The molecular formula is C28H36O3. The minimum Gasteiger partial charge on any atom is -0.462 e. The molecule has 0 heterocycles. The van der Waals surface area contributed by atoms with Gasteiger partial charge in [-0.1, -0.05) is 49.8 Å². The van der Waals surface area contributed by atoms with Gasteiger partial charge in [0, 0.05) is 18.3 Å². The van der Waals surface area contributed by atoms with Crippen molar-refractivity contribution in [3.8, 4) is 0 Å². The molecule has 3 fully saturated rings. The van der Waals surface area contributed by atoms with E-state index in [0.717, 1.165) is 32.1 Å². The smallest absolute Gasteiger partial charge is 0.306 e. The van der Waals surface area contributed by atoms with Crippen molar-refractivity contribution in [1.82, 2.24) is 0 Å². The summed E-state index contributed by atoms with van der Waals surface area (Å²) >= 11 is 0. The average molecular weight is 421 g/mol. The summed E-state index contributed by atoms with van der Waals surface area (Å²) in [4.78, 5) is 24.7. The number of carbonyl (C=O) groups is 2. The lowest BCUT2D eigenvalue weighted by Crippen LogP contribution is -2.51. The summed E-state index contributed by atoms with van der Waals surface area (Å²) in [5.41, 5.74) is 2.95.